The van der Waals surface area contributed by atoms with E-state index in [0.29, 0.717) is 37.4 Å². The molecular weight excluding hydrogens is 380 g/mol. The number of likely N-dealkylation sites (tertiary alicyclic amines) is 2. The summed E-state index contributed by atoms with van der Waals surface area (Å²) in [5, 5.41) is 4.49. The van der Waals surface area contributed by atoms with Crippen molar-refractivity contribution in [3.63, 3.8) is 0 Å². The van der Waals surface area contributed by atoms with Gasteiger partial charge in [-0.25, -0.2) is 4.68 Å². The molecule has 7 nitrogen and oxygen atoms in total. The number of piperidine rings is 1. The Labute approximate surface area is 177 Å². The van der Waals surface area contributed by atoms with Crippen LogP contribution in [0.25, 0.3) is 5.69 Å². The maximum atomic E-state index is 13.1. The third-order valence-electron chi connectivity index (χ3n) is 6.17. The van der Waals surface area contributed by atoms with Crippen molar-refractivity contribution < 1.29 is 14.3 Å². The highest BCUT2D eigenvalue weighted by Crippen LogP contribution is 2.26. The molecule has 0 saturated carbocycles. The lowest BCUT2D eigenvalue weighted by Gasteiger charge is -2.33. The molecule has 2 amide bonds. The van der Waals surface area contributed by atoms with Crippen molar-refractivity contribution in [2.75, 3.05) is 33.3 Å². The number of para-hydroxylation sites is 1. The molecule has 4 rings (SSSR count). The zero-order chi connectivity index (χ0) is 20.9. The van der Waals surface area contributed by atoms with Gasteiger partial charge in [-0.05, 0) is 37.8 Å². The van der Waals surface area contributed by atoms with Crippen LogP contribution in [0.1, 0.15) is 49.0 Å². The molecule has 0 unspecified atom stereocenters. The van der Waals surface area contributed by atoms with Crippen LogP contribution < -0.4 is 4.74 Å². The number of aromatic nitrogens is 2. The van der Waals surface area contributed by atoms with Crippen LogP contribution in [0, 0.1) is 5.92 Å². The van der Waals surface area contributed by atoms with Gasteiger partial charge in [0.05, 0.1) is 19.0 Å². The number of carbonyl (C=O) groups is 2. The lowest BCUT2D eigenvalue weighted by molar-refractivity contribution is -0.136. The van der Waals surface area contributed by atoms with Crippen LogP contribution in [0.15, 0.2) is 36.5 Å². The largest absolute Gasteiger partial charge is 0.493 e. The van der Waals surface area contributed by atoms with Gasteiger partial charge < -0.3 is 14.5 Å². The summed E-state index contributed by atoms with van der Waals surface area (Å²) < 4.78 is 7.09. The van der Waals surface area contributed by atoms with E-state index in [1.165, 1.54) is 12.8 Å². The highest BCUT2D eigenvalue weighted by molar-refractivity contribution is 5.95. The van der Waals surface area contributed by atoms with Crippen LogP contribution in [0.3, 0.4) is 0 Å². The maximum Gasteiger partial charge on any atom is 0.278 e. The van der Waals surface area contributed by atoms with Crippen LogP contribution >= 0.6 is 0 Å². The molecule has 1 aromatic carbocycles. The Bertz CT molecular complexity index is 864. The Hall–Kier alpha value is -2.83. The Morgan fingerprint density at radius 3 is 2.23 bits per heavy atom. The molecule has 1 aromatic heterocycles. The maximum absolute atomic E-state index is 13.1. The van der Waals surface area contributed by atoms with Crippen LogP contribution in [0.2, 0.25) is 0 Å². The van der Waals surface area contributed by atoms with E-state index in [1.54, 1.807) is 22.9 Å². The molecule has 160 valence electrons. The van der Waals surface area contributed by atoms with E-state index in [-0.39, 0.29) is 17.7 Å². The van der Waals surface area contributed by atoms with Crippen molar-refractivity contribution in [3.8, 4) is 11.4 Å². The van der Waals surface area contributed by atoms with Gasteiger partial charge in [-0.3, -0.25) is 9.59 Å². The molecule has 30 heavy (non-hydrogen) atoms. The summed E-state index contributed by atoms with van der Waals surface area (Å²) in [5.41, 5.74) is 1.19. The van der Waals surface area contributed by atoms with Crippen molar-refractivity contribution in [1.82, 2.24) is 19.6 Å². The summed E-state index contributed by atoms with van der Waals surface area (Å²) in [6, 6.07) is 9.66. The normalized spacial score (nSPS) is 18.2. The van der Waals surface area contributed by atoms with Crippen molar-refractivity contribution in [1.29, 1.82) is 0 Å². The number of hydrogen-bond donors (Lipinski definition) is 0. The lowest BCUT2D eigenvalue weighted by Crippen LogP contribution is -2.44. The van der Waals surface area contributed by atoms with E-state index >= 15 is 0 Å². The summed E-state index contributed by atoms with van der Waals surface area (Å²) in [6.45, 7) is 2.91. The number of hydrogen-bond acceptors (Lipinski definition) is 4. The third kappa shape index (κ3) is 4.35. The summed E-state index contributed by atoms with van der Waals surface area (Å²) in [6.07, 6.45) is 7.80. The number of benzene rings is 1. The monoisotopic (exact) mass is 410 g/mol. The van der Waals surface area contributed by atoms with E-state index in [4.69, 9.17) is 4.74 Å². The Kier molecular flexibility index (Phi) is 6.35. The first-order valence-electron chi connectivity index (χ1n) is 10.9. The van der Waals surface area contributed by atoms with Crippen LogP contribution in [-0.2, 0) is 4.79 Å². The van der Waals surface area contributed by atoms with Gasteiger partial charge in [0.2, 0.25) is 5.91 Å². The second-order valence-corrected chi connectivity index (χ2v) is 8.13. The average molecular weight is 411 g/mol. The van der Waals surface area contributed by atoms with E-state index in [2.05, 4.69) is 5.10 Å². The SMILES string of the molecule is COc1cn(-c2ccccc2)nc1C(=O)N1CCC(C(=O)N2CCCCCC2)CC1. The predicted molar refractivity (Wildman–Crippen MR) is 114 cm³/mol. The van der Waals surface area contributed by atoms with E-state index in [9.17, 15) is 9.59 Å². The average Bonchev–Trinajstić information content (AvgIpc) is 3.05. The van der Waals surface area contributed by atoms with Gasteiger partial charge in [0, 0.05) is 32.1 Å². The lowest BCUT2D eigenvalue weighted by atomic mass is 9.95. The van der Waals surface area contributed by atoms with Crippen molar-refractivity contribution in [3.05, 3.63) is 42.2 Å². The summed E-state index contributed by atoms with van der Waals surface area (Å²) in [4.78, 5) is 29.9. The summed E-state index contributed by atoms with van der Waals surface area (Å²) >= 11 is 0. The molecule has 0 atom stereocenters. The molecule has 2 fully saturated rings. The zero-order valence-corrected chi connectivity index (χ0v) is 17.6. The van der Waals surface area contributed by atoms with Gasteiger partial charge in [-0.1, -0.05) is 31.0 Å². The Balaban J connectivity index is 1.41. The Morgan fingerprint density at radius 2 is 1.60 bits per heavy atom. The second kappa shape index (κ2) is 9.32. The van der Waals surface area contributed by atoms with Crippen molar-refractivity contribution in [2.45, 2.75) is 38.5 Å². The molecule has 2 saturated heterocycles. The van der Waals surface area contributed by atoms with Gasteiger partial charge >= 0.3 is 0 Å². The van der Waals surface area contributed by atoms with Crippen LogP contribution in [0.5, 0.6) is 5.75 Å². The van der Waals surface area contributed by atoms with Gasteiger partial charge in [-0.15, -0.1) is 0 Å². The number of methoxy groups -OCH3 is 1. The van der Waals surface area contributed by atoms with E-state index < -0.39 is 0 Å². The van der Waals surface area contributed by atoms with Crippen molar-refractivity contribution >= 4 is 11.8 Å². The van der Waals surface area contributed by atoms with Gasteiger partial charge in [0.25, 0.3) is 5.91 Å². The minimum atomic E-state index is -0.137. The smallest absolute Gasteiger partial charge is 0.278 e. The van der Waals surface area contributed by atoms with Crippen molar-refractivity contribution in [2.24, 2.45) is 5.92 Å². The fraction of sp³-hybridized carbons (Fsp3) is 0.522. The third-order valence-corrected chi connectivity index (χ3v) is 6.17. The molecule has 0 aliphatic carbocycles. The highest BCUT2D eigenvalue weighted by Gasteiger charge is 2.32. The summed E-state index contributed by atoms with van der Waals surface area (Å²) in [7, 11) is 1.55. The number of carbonyl (C=O) groups excluding carboxylic acids is 2. The predicted octanol–water partition coefficient (Wildman–Crippen LogP) is 3.14. The van der Waals surface area contributed by atoms with Gasteiger partial charge in [0.15, 0.2) is 11.4 Å². The number of rotatable bonds is 4. The minimum Gasteiger partial charge on any atom is -0.493 e. The Morgan fingerprint density at radius 1 is 0.933 bits per heavy atom. The number of ether oxygens (including phenoxy) is 1. The number of nitrogens with zero attached hydrogens (tertiary/aromatic N) is 4. The second-order valence-electron chi connectivity index (χ2n) is 8.13. The molecule has 0 N–H and O–H groups in total. The topological polar surface area (TPSA) is 67.7 Å². The molecule has 2 aliphatic rings. The molecule has 0 spiro atoms. The van der Waals surface area contributed by atoms with E-state index in [0.717, 1.165) is 31.6 Å². The first-order valence-corrected chi connectivity index (χ1v) is 10.9. The molecule has 2 aliphatic heterocycles. The summed E-state index contributed by atoms with van der Waals surface area (Å²) in [5.74, 6) is 0.625. The van der Waals surface area contributed by atoms with Gasteiger partial charge in [0.1, 0.15) is 0 Å². The minimum absolute atomic E-state index is 0.0240. The molecule has 2 aromatic rings. The molecule has 0 bridgehead atoms. The van der Waals surface area contributed by atoms with Gasteiger partial charge in [-0.2, -0.15) is 5.10 Å². The highest BCUT2D eigenvalue weighted by atomic mass is 16.5. The van der Waals surface area contributed by atoms with Crippen LogP contribution in [-0.4, -0.2) is 64.7 Å². The molecule has 7 heteroatoms. The first kappa shape index (κ1) is 20.4. The fourth-order valence-corrected chi connectivity index (χ4v) is 4.40. The van der Waals surface area contributed by atoms with E-state index in [1.807, 2.05) is 35.2 Å². The first-order chi connectivity index (χ1) is 14.7. The fourth-order valence-electron chi connectivity index (χ4n) is 4.40. The molecular formula is C23H30N4O3. The molecule has 3 heterocycles. The quantitative estimate of drug-likeness (QED) is 0.777. The number of amides is 2. The zero-order valence-electron chi connectivity index (χ0n) is 17.6. The van der Waals surface area contributed by atoms with Crippen LogP contribution in [0.4, 0.5) is 0 Å². The molecule has 0 radical (unpaired) electrons. The standard InChI is InChI=1S/C23H30N4O3/c1-30-20-17-27(19-9-5-4-6-10-19)24-21(20)23(29)26-15-11-18(12-16-26)22(28)25-13-7-2-3-8-14-25/h4-6,9-10,17-18H,2-3,7-8,11-16H2,1H3.